The minimum atomic E-state index is -0.750. The molecule has 4 nitrogen and oxygen atoms in total. The molecular weight excluding hydrogens is 276 g/mol. The molecule has 2 aromatic carbocycles. The number of carbonyl (C=O) groups is 2. The van der Waals surface area contributed by atoms with Crippen LogP contribution in [0.25, 0.3) is 0 Å². The summed E-state index contributed by atoms with van der Waals surface area (Å²) in [5.74, 6) is -1.09. The average Bonchev–Trinajstić information content (AvgIpc) is 2.81. The van der Waals surface area contributed by atoms with Gasteiger partial charge in [0.05, 0.1) is 11.2 Å². The molecule has 2 atom stereocenters. The van der Waals surface area contributed by atoms with E-state index in [1.54, 1.807) is 0 Å². The monoisotopic (exact) mass is 294 g/mol. The maximum Gasteiger partial charge on any atom is 0.254 e. The number of Topliss-reactive ketones (excluding diaryl/α,β-unsaturated/α-hetero) is 1. The molecule has 1 heterocycles. The van der Waals surface area contributed by atoms with Crippen LogP contribution in [0, 0.1) is 5.92 Å². The lowest BCUT2D eigenvalue weighted by atomic mass is 9.79. The Labute approximate surface area is 129 Å². The number of benzene rings is 2. The molecule has 1 saturated heterocycles. The zero-order valence-corrected chi connectivity index (χ0v) is 12.6. The third-order valence-electron chi connectivity index (χ3n) is 4.18. The zero-order chi connectivity index (χ0) is 15.7. The molecule has 2 aromatic rings. The van der Waals surface area contributed by atoms with E-state index in [2.05, 4.69) is 5.43 Å². The highest BCUT2D eigenvalue weighted by atomic mass is 16.2. The zero-order valence-electron chi connectivity index (χ0n) is 12.6. The largest absolute Gasteiger partial charge is 0.299 e. The molecular formula is C18H18N2O2. The number of rotatable bonds is 3. The highest BCUT2D eigenvalue weighted by Crippen LogP contribution is 2.38. The summed E-state index contributed by atoms with van der Waals surface area (Å²) in [6.07, 6.45) is 0. The smallest absolute Gasteiger partial charge is 0.254 e. The van der Waals surface area contributed by atoms with Crippen molar-refractivity contribution in [2.24, 2.45) is 5.92 Å². The van der Waals surface area contributed by atoms with E-state index >= 15 is 0 Å². The molecule has 4 heteroatoms. The molecule has 0 spiro atoms. The SMILES string of the molecule is CC(=O)C1C(=O)N(c2ccccc2)NC1(C)c1ccccc1. The quantitative estimate of drug-likeness (QED) is 0.885. The summed E-state index contributed by atoms with van der Waals surface area (Å²) in [7, 11) is 0. The van der Waals surface area contributed by atoms with Crippen molar-refractivity contribution in [2.45, 2.75) is 19.4 Å². The summed E-state index contributed by atoms with van der Waals surface area (Å²) >= 11 is 0. The van der Waals surface area contributed by atoms with Crippen LogP contribution in [-0.4, -0.2) is 11.7 Å². The minimum absolute atomic E-state index is 0.137. The summed E-state index contributed by atoms with van der Waals surface area (Å²) in [4.78, 5) is 24.9. The van der Waals surface area contributed by atoms with E-state index in [1.807, 2.05) is 67.6 Å². The predicted octanol–water partition coefficient (Wildman–Crippen LogP) is 2.66. The van der Waals surface area contributed by atoms with Gasteiger partial charge in [-0.05, 0) is 31.5 Å². The van der Waals surface area contributed by atoms with E-state index in [0.717, 1.165) is 11.3 Å². The normalized spacial score (nSPS) is 24.5. The van der Waals surface area contributed by atoms with Crippen LogP contribution in [0.3, 0.4) is 0 Å². The number of hydrogen-bond donors (Lipinski definition) is 1. The number of anilines is 1. The van der Waals surface area contributed by atoms with Gasteiger partial charge in [-0.25, -0.2) is 10.4 Å². The van der Waals surface area contributed by atoms with Crippen LogP contribution in [0.2, 0.25) is 0 Å². The van der Waals surface area contributed by atoms with Gasteiger partial charge < -0.3 is 0 Å². The molecule has 0 bridgehead atoms. The van der Waals surface area contributed by atoms with E-state index in [-0.39, 0.29) is 11.7 Å². The lowest BCUT2D eigenvalue weighted by molar-refractivity contribution is -0.131. The van der Waals surface area contributed by atoms with Gasteiger partial charge in [-0.2, -0.15) is 0 Å². The Morgan fingerprint density at radius 1 is 1.05 bits per heavy atom. The minimum Gasteiger partial charge on any atom is -0.299 e. The summed E-state index contributed by atoms with van der Waals surface area (Å²) in [5.41, 5.74) is 4.15. The maximum absolute atomic E-state index is 12.8. The molecule has 1 amide bonds. The van der Waals surface area contributed by atoms with Gasteiger partial charge in [0.2, 0.25) is 0 Å². The standard InChI is InChI=1S/C18H18N2O2/c1-13(21)16-17(22)20(15-11-7-4-8-12-15)19-18(16,2)14-9-5-3-6-10-14/h3-12,16,19H,1-2H3. The lowest BCUT2D eigenvalue weighted by Gasteiger charge is -2.29. The van der Waals surface area contributed by atoms with Crippen molar-refractivity contribution in [1.82, 2.24) is 5.43 Å². The molecule has 1 aliphatic heterocycles. The molecule has 2 unspecified atom stereocenters. The van der Waals surface area contributed by atoms with Gasteiger partial charge >= 0.3 is 0 Å². The second kappa shape index (κ2) is 5.39. The van der Waals surface area contributed by atoms with Crippen LogP contribution >= 0.6 is 0 Å². The second-order valence-corrected chi connectivity index (χ2v) is 5.73. The average molecular weight is 294 g/mol. The van der Waals surface area contributed by atoms with E-state index < -0.39 is 11.5 Å². The first kappa shape index (κ1) is 14.5. The van der Waals surface area contributed by atoms with Gasteiger partial charge in [0.15, 0.2) is 0 Å². The van der Waals surface area contributed by atoms with Crippen molar-refractivity contribution < 1.29 is 9.59 Å². The summed E-state index contributed by atoms with van der Waals surface area (Å²) < 4.78 is 0. The Morgan fingerprint density at radius 3 is 2.14 bits per heavy atom. The third kappa shape index (κ3) is 2.22. The molecule has 0 aliphatic carbocycles. The maximum atomic E-state index is 12.8. The fourth-order valence-corrected chi connectivity index (χ4v) is 3.09. The van der Waals surface area contributed by atoms with Crippen LogP contribution < -0.4 is 10.4 Å². The number of carbonyl (C=O) groups excluding carboxylic acids is 2. The van der Waals surface area contributed by atoms with Crippen molar-refractivity contribution >= 4 is 17.4 Å². The van der Waals surface area contributed by atoms with E-state index in [0.29, 0.717) is 0 Å². The number of hydrogen-bond acceptors (Lipinski definition) is 3. The van der Waals surface area contributed by atoms with E-state index in [9.17, 15) is 9.59 Å². The topological polar surface area (TPSA) is 49.4 Å². The first-order chi connectivity index (χ1) is 10.5. The second-order valence-electron chi connectivity index (χ2n) is 5.73. The molecule has 1 fully saturated rings. The molecule has 112 valence electrons. The highest BCUT2D eigenvalue weighted by Gasteiger charge is 2.52. The Bertz CT molecular complexity index is 700. The number of para-hydroxylation sites is 1. The molecule has 22 heavy (non-hydrogen) atoms. The van der Waals surface area contributed by atoms with Crippen molar-refractivity contribution in [3.8, 4) is 0 Å². The third-order valence-corrected chi connectivity index (χ3v) is 4.18. The summed E-state index contributed by atoms with van der Waals surface area (Å²) in [5, 5.41) is 1.49. The van der Waals surface area contributed by atoms with Crippen LogP contribution in [-0.2, 0) is 15.1 Å². The molecule has 1 aliphatic rings. The van der Waals surface area contributed by atoms with Crippen molar-refractivity contribution in [1.29, 1.82) is 0 Å². The fourth-order valence-electron chi connectivity index (χ4n) is 3.09. The number of hydrazine groups is 1. The van der Waals surface area contributed by atoms with Gasteiger partial charge in [0.25, 0.3) is 5.91 Å². The van der Waals surface area contributed by atoms with Crippen molar-refractivity contribution in [2.75, 3.05) is 5.01 Å². The first-order valence-electron chi connectivity index (χ1n) is 7.27. The summed E-state index contributed by atoms with van der Waals surface area (Å²) in [6, 6.07) is 18.9. The molecule has 1 N–H and O–H groups in total. The molecule has 0 aromatic heterocycles. The molecule has 3 rings (SSSR count). The Morgan fingerprint density at radius 2 is 1.59 bits per heavy atom. The van der Waals surface area contributed by atoms with Gasteiger partial charge in [-0.15, -0.1) is 0 Å². The number of nitrogens with one attached hydrogen (secondary N) is 1. The molecule has 0 saturated carbocycles. The van der Waals surface area contributed by atoms with Crippen molar-refractivity contribution in [3.05, 3.63) is 66.2 Å². The van der Waals surface area contributed by atoms with Crippen LogP contribution in [0.1, 0.15) is 19.4 Å². The Hall–Kier alpha value is -2.46. The Balaban J connectivity index is 2.07. The number of nitrogens with zero attached hydrogens (tertiary/aromatic N) is 1. The predicted molar refractivity (Wildman–Crippen MR) is 85.0 cm³/mol. The summed E-state index contributed by atoms with van der Waals surface area (Å²) in [6.45, 7) is 3.37. The number of amides is 1. The van der Waals surface area contributed by atoms with Crippen LogP contribution in [0.15, 0.2) is 60.7 Å². The van der Waals surface area contributed by atoms with Crippen molar-refractivity contribution in [3.63, 3.8) is 0 Å². The van der Waals surface area contributed by atoms with Crippen LogP contribution in [0.5, 0.6) is 0 Å². The Kier molecular flexibility index (Phi) is 3.54. The van der Waals surface area contributed by atoms with Gasteiger partial charge in [-0.1, -0.05) is 48.5 Å². The van der Waals surface area contributed by atoms with E-state index in [1.165, 1.54) is 11.9 Å². The van der Waals surface area contributed by atoms with Gasteiger partial charge in [-0.3, -0.25) is 9.59 Å². The number of ketones is 1. The lowest BCUT2D eigenvalue weighted by Crippen LogP contribution is -2.45. The fraction of sp³-hybridized carbons (Fsp3) is 0.222. The van der Waals surface area contributed by atoms with Gasteiger partial charge in [0, 0.05) is 0 Å². The van der Waals surface area contributed by atoms with Crippen LogP contribution in [0.4, 0.5) is 5.69 Å². The molecule has 0 radical (unpaired) electrons. The van der Waals surface area contributed by atoms with Gasteiger partial charge in [0.1, 0.15) is 11.7 Å². The highest BCUT2D eigenvalue weighted by molar-refractivity contribution is 6.10. The van der Waals surface area contributed by atoms with E-state index in [4.69, 9.17) is 0 Å². The first-order valence-corrected chi connectivity index (χ1v) is 7.27.